The Labute approximate surface area is 280 Å². The fourth-order valence-corrected chi connectivity index (χ4v) is 10.8. The van der Waals surface area contributed by atoms with Crippen molar-refractivity contribution in [2.45, 2.75) is 115 Å². The predicted molar refractivity (Wildman–Crippen MR) is 159 cm³/mol. The molecule has 0 aromatic heterocycles. The van der Waals surface area contributed by atoms with E-state index in [2.05, 4.69) is 14.9 Å². The normalized spacial score (nSPS) is 43.0. The van der Waals surface area contributed by atoms with Crippen LogP contribution < -0.4 is 0 Å². The molecule has 5 fully saturated rings. The summed E-state index contributed by atoms with van der Waals surface area (Å²) in [5.41, 5.74) is -0.359. The predicted octanol–water partition coefficient (Wildman–Crippen LogP) is 0.982. The van der Waals surface area contributed by atoms with E-state index in [1.165, 1.54) is 0 Å². The Bertz CT molecular complexity index is 1480. The molecule has 1 saturated heterocycles. The minimum absolute atomic E-state index is 0.0379. The summed E-state index contributed by atoms with van der Waals surface area (Å²) < 4.78 is 96.9. The highest BCUT2D eigenvalue weighted by Gasteiger charge is 2.67. The molecule has 13 atom stereocenters. The summed E-state index contributed by atoms with van der Waals surface area (Å²) in [4.78, 5) is 25.6. The van der Waals surface area contributed by atoms with Crippen molar-refractivity contribution < 1.29 is 73.4 Å². The van der Waals surface area contributed by atoms with Gasteiger partial charge in [0.25, 0.3) is 0 Å². The van der Waals surface area contributed by atoms with Crippen LogP contribution in [0.1, 0.15) is 72.1 Å². The summed E-state index contributed by atoms with van der Waals surface area (Å²) in [7, 11) is -11.3. The van der Waals surface area contributed by atoms with Crippen molar-refractivity contribution in [1.29, 1.82) is 0 Å². The zero-order chi connectivity index (χ0) is 35.6. The first-order chi connectivity index (χ1) is 22.2. The summed E-state index contributed by atoms with van der Waals surface area (Å²) in [6.45, 7) is 8.41. The highest BCUT2D eigenvalue weighted by Crippen LogP contribution is 2.70. The van der Waals surface area contributed by atoms with E-state index >= 15 is 0 Å². The summed E-state index contributed by atoms with van der Waals surface area (Å²) in [6.07, 6.45) is -8.49. The van der Waals surface area contributed by atoms with Crippen molar-refractivity contribution in [3.63, 3.8) is 0 Å². The molecule has 1 spiro atoms. The first kappa shape index (κ1) is 37.5. The zero-order valence-electron chi connectivity index (χ0n) is 27.0. The molecule has 0 aromatic rings. The number of aliphatic hydroxyl groups excluding tert-OH is 2. The Kier molecular flexibility index (Phi) is 10.5. The van der Waals surface area contributed by atoms with E-state index in [0.717, 1.165) is 24.8 Å². The molecule has 4 aliphatic carbocycles. The minimum atomic E-state index is -5.69. The van der Waals surface area contributed by atoms with Crippen LogP contribution in [0.25, 0.3) is 0 Å². The van der Waals surface area contributed by atoms with Gasteiger partial charge < -0.3 is 38.6 Å². The smallest absolute Gasteiger partial charge is 0.306 e. The Balaban J connectivity index is 1.51. The summed E-state index contributed by atoms with van der Waals surface area (Å²) in [6, 6.07) is 0. The number of hydrogen-bond donors (Lipinski definition) is 3. The number of aliphatic hydroxyl groups is 2. The molecule has 274 valence electrons. The van der Waals surface area contributed by atoms with Gasteiger partial charge >= 0.3 is 11.9 Å². The third-order valence-corrected chi connectivity index (χ3v) is 12.4. The van der Waals surface area contributed by atoms with Gasteiger partial charge in [0.15, 0.2) is 12.4 Å². The van der Waals surface area contributed by atoms with Crippen LogP contribution in [0, 0.1) is 40.4 Å². The lowest BCUT2D eigenvalue weighted by atomic mass is 9.43. The number of carboxylic acid groups (broad SMARTS) is 1. The number of rotatable bonds is 11. The number of hydrogen-bond acceptors (Lipinski definition) is 15. The Hall–Kier alpha value is -1.74. The lowest BCUT2D eigenvalue weighted by Crippen LogP contribution is -2.64. The van der Waals surface area contributed by atoms with Gasteiger partial charge in [0, 0.05) is 11.8 Å². The van der Waals surface area contributed by atoms with Crippen molar-refractivity contribution in [3.8, 4) is 0 Å². The average molecular weight is 725 g/mol. The van der Waals surface area contributed by atoms with Crippen LogP contribution in [-0.4, -0.2) is 103 Å². The van der Waals surface area contributed by atoms with Crippen molar-refractivity contribution in [3.05, 3.63) is 12.2 Å². The zero-order valence-corrected chi connectivity index (χ0v) is 28.6. The van der Waals surface area contributed by atoms with Gasteiger partial charge in [0.05, 0.1) is 24.7 Å². The number of fused-ring (bicyclic) bond motifs is 3. The fourth-order valence-electron chi connectivity index (χ4n) is 9.81. The number of esters is 1. The number of carboxylic acids is 1. The molecule has 16 nitrogen and oxygen atoms in total. The Morgan fingerprint density at radius 1 is 1.04 bits per heavy atom. The van der Waals surface area contributed by atoms with E-state index in [1.54, 1.807) is 13.8 Å². The Morgan fingerprint density at radius 3 is 2.27 bits per heavy atom. The van der Waals surface area contributed by atoms with Crippen molar-refractivity contribution in [2.24, 2.45) is 40.4 Å². The van der Waals surface area contributed by atoms with Gasteiger partial charge in [-0.1, -0.05) is 27.4 Å². The van der Waals surface area contributed by atoms with E-state index in [0.29, 0.717) is 12.8 Å². The maximum Gasteiger partial charge on any atom is 0.306 e. The lowest BCUT2D eigenvalue weighted by Gasteiger charge is -2.62. The van der Waals surface area contributed by atoms with Crippen molar-refractivity contribution >= 4 is 32.7 Å². The Morgan fingerprint density at radius 2 is 1.69 bits per heavy atom. The molecule has 3 N–H and O–H groups in total. The van der Waals surface area contributed by atoms with Crippen LogP contribution in [0.3, 0.4) is 0 Å². The number of carbonyl (C=O) groups is 2. The molecule has 1 unspecified atom stereocenters. The second kappa shape index (κ2) is 13.4. The maximum absolute atomic E-state index is 12.9. The van der Waals surface area contributed by atoms with E-state index in [-0.39, 0.29) is 42.9 Å². The molecule has 0 aromatic carbocycles. The van der Waals surface area contributed by atoms with Crippen molar-refractivity contribution in [1.82, 2.24) is 0 Å². The van der Waals surface area contributed by atoms with E-state index in [4.69, 9.17) is 14.2 Å². The van der Waals surface area contributed by atoms with Gasteiger partial charge in [-0.05, 0) is 79.6 Å². The monoisotopic (exact) mass is 724 g/mol. The molecule has 1 aliphatic heterocycles. The average Bonchev–Trinajstić information content (AvgIpc) is 3.12. The first-order valence-electron chi connectivity index (χ1n) is 16.2. The molecule has 1 heterocycles. The molecule has 0 amide bonds. The number of aliphatic carboxylic acids is 1. The third-order valence-electron chi connectivity index (χ3n) is 11.5. The molecule has 2 bridgehead atoms. The molecular formula is C30H44O16S2-2. The van der Waals surface area contributed by atoms with Gasteiger partial charge in [-0.3, -0.25) is 18.0 Å². The third kappa shape index (κ3) is 7.20. The maximum atomic E-state index is 12.9. The highest BCUT2D eigenvalue weighted by molar-refractivity contribution is 7.81. The number of ether oxygens (including phenoxy) is 3. The quantitative estimate of drug-likeness (QED) is 0.0882. The molecule has 4 saturated carbocycles. The van der Waals surface area contributed by atoms with Gasteiger partial charge in [0.2, 0.25) is 20.8 Å². The van der Waals surface area contributed by atoms with Gasteiger partial charge in [-0.15, -0.1) is 0 Å². The van der Waals surface area contributed by atoms with Crippen LogP contribution in [0.5, 0.6) is 0 Å². The topological polar surface area (TPSA) is 255 Å². The van der Waals surface area contributed by atoms with Crippen LogP contribution in [0.2, 0.25) is 0 Å². The van der Waals surface area contributed by atoms with Crippen molar-refractivity contribution in [2.75, 3.05) is 6.61 Å². The standard InChI is InChI=1S/C30H46O16S2/c1-14(2)9-22(32)44-25-24(46-48(39,40)41)23(45-47(36,37)38)20(13-31)43-28(25)42-17-10-18(27(34)35)19-7-8-30-11-16(15(3)26(30)33)5-6-21(30)29(19,4)12-17/h14,16-21,23-26,28,31,33H,3,5-13H2,1-2,4H3,(H,34,35)(H,36,37,38)(H,39,40,41)/p-2/t16?,17-,18-,19-,20-,21+,23-,24+,25-,26+,28-,29+,30-/m1/s1. The minimum Gasteiger partial charge on any atom is -0.726 e. The number of carbonyl (C=O) groups excluding carboxylic acids is 1. The molecule has 0 radical (unpaired) electrons. The van der Waals surface area contributed by atoms with Gasteiger partial charge in [-0.25, -0.2) is 16.8 Å². The van der Waals surface area contributed by atoms with Crippen LogP contribution >= 0.6 is 0 Å². The molecule has 48 heavy (non-hydrogen) atoms. The fraction of sp³-hybridized carbons (Fsp3) is 0.867. The second-order valence-corrected chi connectivity index (χ2v) is 16.8. The summed E-state index contributed by atoms with van der Waals surface area (Å²) >= 11 is 0. The van der Waals surface area contributed by atoms with E-state index < -0.39 is 99.0 Å². The van der Waals surface area contributed by atoms with Crippen LogP contribution in [0.4, 0.5) is 0 Å². The summed E-state index contributed by atoms with van der Waals surface area (Å²) in [5, 5.41) is 31.9. The van der Waals surface area contributed by atoms with E-state index in [9.17, 15) is 50.8 Å². The van der Waals surface area contributed by atoms with Crippen LogP contribution in [-0.2, 0) is 53.0 Å². The first-order valence-corrected chi connectivity index (χ1v) is 18.8. The molecular weight excluding hydrogens is 680 g/mol. The molecule has 5 aliphatic rings. The highest BCUT2D eigenvalue weighted by atomic mass is 32.3. The lowest BCUT2D eigenvalue weighted by molar-refractivity contribution is -0.316. The van der Waals surface area contributed by atoms with Gasteiger partial charge in [0.1, 0.15) is 18.3 Å². The molecule has 18 heteroatoms. The van der Waals surface area contributed by atoms with E-state index in [1.807, 2.05) is 6.92 Å². The summed E-state index contributed by atoms with van der Waals surface area (Å²) in [5.74, 6) is -3.38. The van der Waals surface area contributed by atoms with Crippen LogP contribution in [0.15, 0.2) is 12.2 Å². The largest absolute Gasteiger partial charge is 0.726 e. The molecule has 5 rings (SSSR count). The SMILES string of the molecule is C=C1C2CC[C@H]3[C@@]4(C)C[C@H](O[C@@H]5O[C@H](CO)[C@@H](OS(=O)(=O)[O-])[C@H](OS(=O)(=O)[O-])[C@H]5OC(=O)CC(C)C)C[C@@H](C(=O)O)[C@H]4CC[C@]3(C2)[C@H]1O. The van der Waals surface area contributed by atoms with Gasteiger partial charge in [-0.2, -0.15) is 0 Å². The second-order valence-electron chi connectivity index (χ2n) is 14.8.